The first-order valence-electron chi connectivity index (χ1n) is 10.2. The van der Waals surface area contributed by atoms with Crippen molar-refractivity contribution in [1.82, 2.24) is 9.88 Å². The first-order chi connectivity index (χ1) is 15.2. The average molecular weight is 415 g/mol. The molecule has 1 aromatic heterocycles. The number of morpholine rings is 1. The van der Waals surface area contributed by atoms with Crippen molar-refractivity contribution < 1.29 is 14.7 Å². The van der Waals surface area contributed by atoms with Crippen LogP contribution in [0.15, 0.2) is 52.6 Å². The lowest BCUT2D eigenvalue weighted by Gasteiger charge is -2.25. The van der Waals surface area contributed by atoms with Crippen molar-refractivity contribution in [2.45, 2.75) is 0 Å². The predicted molar refractivity (Wildman–Crippen MR) is 117 cm³/mol. The molecule has 5 rings (SSSR count). The molecule has 2 aliphatic heterocycles. The van der Waals surface area contributed by atoms with Crippen LogP contribution in [0.25, 0.3) is 10.9 Å². The highest BCUT2D eigenvalue weighted by Gasteiger charge is 2.29. The van der Waals surface area contributed by atoms with E-state index in [0.29, 0.717) is 34.5 Å². The third-order valence-electron chi connectivity index (χ3n) is 5.52. The number of H-pyrrole nitrogens is 1. The first-order valence-corrected chi connectivity index (χ1v) is 10.2. The second kappa shape index (κ2) is 8.22. The zero-order valence-corrected chi connectivity index (χ0v) is 16.8. The van der Waals surface area contributed by atoms with Crippen molar-refractivity contribution in [3.63, 3.8) is 0 Å². The van der Waals surface area contributed by atoms with Gasteiger partial charge in [0.1, 0.15) is 18.0 Å². The minimum Gasteiger partial charge on any atom is -0.494 e. The Morgan fingerprint density at radius 1 is 1.23 bits per heavy atom. The van der Waals surface area contributed by atoms with Crippen molar-refractivity contribution in [3.05, 3.63) is 59.2 Å². The Morgan fingerprint density at radius 2 is 2.06 bits per heavy atom. The maximum Gasteiger partial charge on any atom is 0.199 e. The molecular formula is C23H21N5O3. The van der Waals surface area contributed by atoms with Crippen LogP contribution < -0.4 is 0 Å². The topological polar surface area (TPSA) is 106 Å². The van der Waals surface area contributed by atoms with Gasteiger partial charge in [-0.2, -0.15) is 5.26 Å². The fraction of sp³-hybridized carbons (Fsp3) is 0.261. The van der Waals surface area contributed by atoms with Crippen LogP contribution in [0.2, 0.25) is 0 Å². The quantitative estimate of drug-likeness (QED) is 0.492. The summed E-state index contributed by atoms with van der Waals surface area (Å²) in [6, 6.07) is 15.0. The number of hydrogen-bond donors (Lipinski definition) is 2. The van der Waals surface area contributed by atoms with Gasteiger partial charge in [-0.15, -0.1) is 0 Å². The van der Waals surface area contributed by atoms with Gasteiger partial charge in [0, 0.05) is 36.1 Å². The molecule has 8 nitrogen and oxygen atoms in total. The van der Waals surface area contributed by atoms with E-state index in [1.165, 1.54) is 0 Å². The smallest absolute Gasteiger partial charge is 0.199 e. The third kappa shape index (κ3) is 3.65. The molecule has 1 fully saturated rings. The summed E-state index contributed by atoms with van der Waals surface area (Å²) in [5.41, 5.74) is 4.43. The van der Waals surface area contributed by atoms with E-state index in [1.54, 1.807) is 18.2 Å². The van der Waals surface area contributed by atoms with E-state index in [-0.39, 0.29) is 5.88 Å². The molecule has 1 saturated heterocycles. The van der Waals surface area contributed by atoms with Gasteiger partial charge in [-0.25, -0.2) is 4.99 Å². The summed E-state index contributed by atoms with van der Waals surface area (Å²) in [5.74, 6) is -0.0161. The Hall–Kier alpha value is -3.67. The van der Waals surface area contributed by atoms with Gasteiger partial charge in [0.25, 0.3) is 0 Å². The molecule has 0 unspecified atom stereocenters. The molecule has 31 heavy (non-hydrogen) atoms. The minimum atomic E-state index is -0.0161. The molecule has 0 bridgehead atoms. The van der Waals surface area contributed by atoms with Crippen LogP contribution in [0.1, 0.15) is 16.7 Å². The standard InChI is InChI=1S/C23H21N5O3/c24-14-15-5-6-19-17(13-15)20(23(29)26-19)22-21(16-3-1-2-4-18(16)25-22)27-31-12-9-28-7-10-30-11-8-28/h1-6,13,26,29H,7-12H2/b27-21+. The van der Waals surface area contributed by atoms with Gasteiger partial charge in [0.05, 0.1) is 36.1 Å². The molecule has 2 aromatic carbocycles. The Morgan fingerprint density at radius 3 is 2.90 bits per heavy atom. The van der Waals surface area contributed by atoms with Crippen molar-refractivity contribution in [1.29, 1.82) is 5.26 Å². The van der Waals surface area contributed by atoms with Gasteiger partial charge in [-0.1, -0.05) is 23.4 Å². The number of fused-ring (bicyclic) bond motifs is 2. The summed E-state index contributed by atoms with van der Waals surface area (Å²) < 4.78 is 5.37. The summed E-state index contributed by atoms with van der Waals surface area (Å²) in [6.07, 6.45) is 0. The second-order valence-corrected chi connectivity index (χ2v) is 7.43. The highest BCUT2D eigenvalue weighted by atomic mass is 16.6. The number of para-hydroxylation sites is 1. The second-order valence-electron chi connectivity index (χ2n) is 7.43. The number of nitriles is 1. The number of aliphatic imine (C=N–C) groups is 1. The Bertz CT molecular complexity index is 1230. The van der Waals surface area contributed by atoms with Gasteiger partial charge in [-0.05, 0) is 24.3 Å². The van der Waals surface area contributed by atoms with Gasteiger partial charge in [-0.3, -0.25) is 4.90 Å². The molecule has 3 aromatic rings. The molecule has 0 radical (unpaired) electrons. The number of nitrogens with zero attached hydrogens (tertiary/aromatic N) is 4. The van der Waals surface area contributed by atoms with E-state index in [0.717, 1.165) is 49.6 Å². The molecule has 0 spiro atoms. The zero-order valence-electron chi connectivity index (χ0n) is 16.8. The van der Waals surface area contributed by atoms with Gasteiger partial charge < -0.3 is 19.7 Å². The monoisotopic (exact) mass is 415 g/mol. The first kappa shape index (κ1) is 19.3. The number of aromatic hydroxyl groups is 1. The Kier molecular flexibility index (Phi) is 5.12. The normalized spacial score (nSPS) is 17.5. The SMILES string of the molecule is N#Cc1ccc2[nH]c(O)c(C3=Nc4ccccc4/C3=N\OCCN3CCOCC3)c2c1. The maximum atomic E-state index is 10.7. The Balaban J connectivity index is 1.48. The van der Waals surface area contributed by atoms with E-state index >= 15 is 0 Å². The summed E-state index contributed by atoms with van der Waals surface area (Å²) in [4.78, 5) is 15.6. The van der Waals surface area contributed by atoms with E-state index in [9.17, 15) is 10.4 Å². The van der Waals surface area contributed by atoms with E-state index in [4.69, 9.17) is 14.6 Å². The highest BCUT2D eigenvalue weighted by molar-refractivity contribution is 6.58. The number of oxime groups is 1. The summed E-state index contributed by atoms with van der Waals surface area (Å²) in [5, 5.41) is 25.1. The molecule has 2 N–H and O–H groups in total. The van der Waals surface area contributed by atoms with Crippen molar-refractivity contribution in [2.75, 3.05) is 39.5 Å². The molecule has 0 atom stereocenters. The fourth-order valence-electron chi connectivity index (χ4n) is 3.93. The molecule has 3 heterocycles. The molecule has 0 amide bonds. The van der Waals surface area contributed by atoms with E-state index < -0.39 is 0 Å². The van der Waals surface area contributed by atoms with Gasteiger partial charge >= 0.3 is 0 Å². The number of nitrogens with one attached hydrogen (secondary N) is 1. The summed E-state index contributed by atoms with van der Waals surface area (Å²) in [6.45, 7) is 4.46. The number of rotatable bonds is 5. The Labute approximate surface area is 179 Å². The lowest BCUT2D eigenvalue weighted by molar-refractivity contribution is 0.0213. The number of aromatic nitrogens is 1. The fourth-order valence-corrected chi connectivity index (χ4v) is 3.93. The van der Waals surface area contributed by atoms with Crippen LogP contribution in [0, 0.1) is 11.3 Å². The third-order valence-corrected chi connectivity index (χ3v) is 5.52. The molecular weight excluding hydrogens is 394 g/mol. The predicted octanol–water partition coefficient (Wildman–Crippen LogP) is 2.93. The molecule has 2 aliphatic rings. The lowest BCUT2D eigenvalue weighted by Crippen LogP contribution is -2.38. The number of ether oxygens (including phenoxy) is 1. The zero-order chi connectivity index (χ0) is 21.2. The van der Waals surface area contributed by atoms with E-state index in [1.807, 2.05) is 24.3 Å². The van der Waals surface area contributed by atoms with Crippen molar-refractivity contribution in [3.8, 4) is 11.9 Å². The lowest BCUT2D eigenvalue weighted by atomic mass is 10.0. The molecule has 156 valence electrons. The van der Waals surface area contributed by atoms with Crippen LogP contribution in [0.5, 0.6) is 5.88 Å². The molecule has 0 aliphatic carbocycles. The summed E-state index contributed by atoms with van der Waals surface area (Å²) >= 11 is 0. The number of aromatic amines is 1. The van der Waals surface area contributed by atoms with Crippen molar-refractivity contribution in [2.24, 2.45) is 10.1 Å². The van der Waals surface area contributed by atoms with Crippen LogP contribution in [-0.2, 0) is 9.57 Å². The van der Waals surface area contributed by atoms with Crippen LogP contribution >= 0.6 is 0 Å². The molecule has 8 heteroatoms. The van der Waals surface area contributed by atoms with E-state index in [2.05, 4.69) is 21.1 Å². The minimum absolute atomic E-state index is 0.0161. The number of hydrogen-bond acceptors (Lipinski definition) is 7. The number of benzene rings is 2. The van der Waals surface area contributed by atoms with Crippen LogP contribution in [0.4, 0.5) is 5.69 Å². The largest absolute Gasteiger partial charge is 0.494 e. The van der Waals surface area contributed by atoms with Crippen molar-refractivity contribution >= 4 is 28.0 Å². The van der Waals surface area contributed by atoms with Gasteiger partial charge in [0.15, 0.2) is 5.88 Å². The summed E-state index contributed by atoms with van der Waals surface area (Å²) in [7, 11) is 0. The maximum absolute atomic E-state index is 10.7. The molecule has 0 saturated carbocycles. The highest BCUT2D eigenvalue weighted by Crippen LogP contribution is 2.36. The average Bonchev–Trinajstić information content (AvgIpc) is 3.33. The van der Waals surface area contributed by atoms with Crippen LogP contribution in [-0.4, -0.2) is 65.9 Å². The van der Waals surface area contributed by atoms with Crippen LogP contribution in [0.3, 0.4) is 0 Å². The van der Waals surface area contributed by atoms with Gasteiger partial charge in [0.2, 0.25) is 0 Å².